The van der Waals surface area contributed by atoms with Gasteiger partial charge in [0.25, 0.3) is 5.82 Å². The smallest absolute Gasteiger partial charge is 0.359 e. The number of hydrogen-bond acceptors (Lipinski definition) is 13. The standard InChI is InChI=1S/C55H63F3N12O4S/c1-36-49(75-35-61-36)42-17-12-39(13-18-42)33-60-51(73)44-31-43(71)34-69(44)52(74)50(54(2,3)4)62-48(72)7-5-6-24-66-27-29-68(30-28-66)45-19-14-38(32-59-45)9-8-37-10-15-40(16-11-37)41-22-25-67(26-23-41)47-21-20-46-63-64-53(55(56,57)58)70(46)65-47/h10-19,32,35,41,44,50H,5-7,20-31,33-34H2,1-4H3,(H,60,73)(H,62,72). The van der Waals surface area contributed by atoms with Crippen molar-refractivity contribution in [3.8, 4) is 22.3 Å². The Kier molecular flexibility index (Phi) is 16.1. The van der Waals surface area contributed by atoms with Crippen molar-refractivity contribution in [3.63, 3.8) is 0 Å². The van der Waals surface area contributed by atoms with Gasteiger partial charge in [-0.3, -0.25) is 24.1 Å². The average molecular weight is 1050 g/mol. The predicted octanol–water partition coefficient (Wildman–Crippen LogP) is 6.82. The monoisotopic (exact) mass is 1040 g/mol. The number of hydrogen-bond donors (Lipinski definition) is 2. The number of piperazine rings is 1. The fraction of sp³-hybridized carbons (Fsp3) is 0.473. The largest absolute Gasteiger partial charge is 0.453 e. The van der Waals surface area contributed by atoms with Crippen LogP contribution in [0.3, 0.4) is 0 Å². The lowest BCUT2D eigenvalue weighted by atomic mass is 9.85. The van der Waals surface area contributed by atoms with Crippen molar-refractivity contribution < 1.29 is 32.3 Å². The third-order valence-electron chi connectivity index (χ3n) is 14.5. The van der Waals surface area contributed by atoms with Gasteiger partial charge in [0.05, 0.1) is 22.6 Å². The van der Waals surface area contributed by atoms with Crippen LogP contribution in [0.15, 0.2) is 77.5 Å². The molecule has 3 amide bonds. The quantitative estimate of drug-likeness (QED) is 0.0936. The van der Waals surface area contributed by atoms with Gasteiger partial charge in [0.1, 0.15) is 23.7 Å². The van der Waals surface area contributed by atoms with E-state index in [1.807, 2.05) is 81.7 Å². The third kappa shape index (κ3) is 12.9. The van der Waals surface area contributed by atoms with Gasteiger partial charge >= 0.3 is 6.18 Å². The number of Topliss-reactive ketones (excluding diaryl/α,β-unsaturated/α-hetero) is 1. The number of anilines is 1. The SMILES string of the molecule is Cc1ncsc1-c1ccc(CNC(=O)C2CC(=O)CN2C(=O)C(NC(=O)CCCCN2CCN(c3ccc(C#Cc4ccc(C5CCN(C6=Nn7c(nnc7C(F)(F)F)CC6)CC5)cc4)cn3)CC2)C(C)(C)C)cc1. The van der Waals surface area contributed by atoms with Gasteiger partial charge in [-0.15, -0.1) is 21.5 Å². The summed E-state index contributed by atoms with van der Waals surface area (Å²) >= 11 is 1.57. The molecule has 4 aliphatic rings. The molecule has 0 spiro atoms. The van der Waals surface area contributed by atoms with Crippen LogP contribution in [0.25, 0.3) is 10.4 Å². The number of alkyl halides is 3. The van der Waals surface area contributed by atoms with Crippen LogP contribution >= 0.6 is 11.3 Å². The fourth-order valence-electron chi connectivity index (χ4n) is 10.1. The molecule has 2 aromatic carbocycles. The second-order valence-electron chi connectivity index (χ2n) is 20.9. The number of halogens is 3. The lowest BCUT2D eigenvalue weighted by molar-refractivity contribution is -0.147. The number of amidine groups is 1. The van der Waals surface area contributed by atoms with Gasteiger partial charge in [0, 0.05) is 88.8 Å². The number of ketones is 1. The molecule has 2 atom stereocenters. The molecule has 3 aromatic heterocycles. The molecule has 394 valence electrons. The fourth-order valence-corrected chi connectivity index (χ4v) is 11.0. The number of thiazole rings is 1. The first-order valence-electron chi connectivity index (χ1n) is 25.7. The Labute approximate surface area is 439 Å². The van der Waals surface area contributed by atoms with Crippen LogP contribution < -0.4 is 15.5 Å². The lowest BCUT2D eigenvalue weighted by Gasteiger charge is -2.35. The molecule has 16 nitrogen and oxygen atoms in total. The highest BCUT2D eigenvalue weighted by Gasteiger charge is 2.45. The number of likely N-dealkylation sites (tertiary alicyclic amines) is 2. The van der Waals surface area contributed by atoms with E-state index in [4.69, 9.17) is 4.98 Å². The minimum Gasteiger partial charge on any atom is -0.359 e. The van der Waals surface area contributed by atoms with Crippen LogP contribution in [0.5, 0.6) is 0 Å². The highest BCUT2D eigenvalue weighted by Crippen LogP contribution is 2.33. The number of unbranched alkanes of at least 4 members (excludes halogenated alkanes) is 1. The third-order valence-corrected chi connectivity index (χ3v) is 15.5. The maximum Gasteiger partial charge on any atom is 0.453 e. The minimum absolute atomic E-state index is 0.0689. The molecule has 0 radical (unpaired) electrons. The summed E-state index contributed by atoms with van der Waals surface area (Å²) in [6, 6.07) is 18.3. The first-order chi connectivity index (χ1) is 36.0. The number of rotatable bonds is 13. The summed E-state index contributed by atoms with van der Waals surface area (Å²) in [5, 5.41) is 17.2. The predicted molar refractivity (Wildman–Crippen MR) is 280 cm³/mol. The van der Waals surface area contributed by atoms with Crippen molar-refractivity contribution in [1.82, 2.24) is 50.2 Å². The molecule has 3 saturated heterocycles. The number of aromatic nitrogens is 5. The van der Waals surface area contributed by atoms with Crippen LogP contribution in [-0.4, -0.2) is 133 Å². The molecule has 2 N–H and O–H groups in total. The number of carbonyl (C=O) groups excluding carboxylic acids is 4. The van der Waals surface area contributed by atoms with Gasteiger partial charge in [-0.05, 0) is 91.4 Å². The molecule has 2 unspecified atom stereocenters. The zero-order valence-corrected chi connectivity index (χ0v) is 43.6. The zero-order chi connectivity index (χ0) is 52.9. The number of aryl methyl sites for hydroxylation is 2. The summed E-state index contributed by atoms with van der Waals surface area (Å²) < 4.78 is 41.1. The molecule has 0 aliphatic carbocycles. The number of nitrogens with one attached hydrogen (secondary N) is 2. The van der Waals surface area contributed by atoms with Crippen molar-refractivity contribution in [2.45, 2.75) is 110 Å². The van der Waals surface area contributed by atoms with Gasteiger partial charge < -0.3 is 25.3 Å². The van der Waals surface area contributed by atoms with Crippen LogP contribution in [0, 0.1) is 24.2 Å². The summed E-state index contributed by atoms with van der Waals surface area (Å²) in [6.07, 6.45) is 1.49. The Bertz CT molecular complexity index is 2940. The number of fused-ring (bicyclic) bond motifs is 1. The molecule has 0 saturated carbocycles. The normalized spacial score (nSPS) is 18.0. The van der Waals surface area contributed by atoms with E-state index in [0.29, 0.717) is 44.1 Å². The highest BCUT2D eigenvalue weighted by atomic mass is 32.1. The Morgan fingerprint density at radius 1 is 0.840 bits per heavy atom. The second kappa shape index (κ2) is 22.9. The number of nitrogens with zero attached hydrogens (tertiary/aromatic N) is 10. The molecule has 3 fully saturated rings. The lowest BCUT2D eigenvalue weighted by Crippen LogP contribution is -2.57. The number of piperidine rings is 1. The van der Waals surface area contributed by atoms with Gasteiger partial charge in [-0.25, -0.2) is 9.97 Å². The van der Waals surface area contributed by atoms with E-state index in [-0.39, 0.29) is 43.4 Å². The van der Waals surface area contributed by atoms with Crippen LogP contribution in [0.2, 0.25) is 0 Å². The molecule has 0 bridgehead atoms. The van der Waals surface area contributed by atoms with Crippen LogP contribution in [-0.2, 0) is 38.3 Å². The summed E-state index contributed by atoms with van der Waals surface area (Å²) in [7, 11) is 0. The summed E-state index contributed by atoms with van der Waals surface area (Å²) in [4.78, 5) is 71.7. The van der Waals surface area contributed by atoms with Gasteiger partial charge in [0.2, 0.25) is 17.7 Å². The summed E-state index contributed by atoms with van der Waals surface area (Å²) in [5.41, 5.74) is 6.97. The average Bonchev–Trinajstić information content (AvgIpc) is 4.16. The summed E-state index contributed by atoms with van der Waals surface area (Å²) in [6.45, 7) is 13.3. The van der Waals surface area contributed by atoms with E-state index in [0.717, 1.165) is 95.3 Å². The van der Waals surface area contributed by atoms with Crippen molar-refractivity contribution in [1.29, 1.82) is 0 Å². The zero-order valence-electron chi connectivity index (χ0n) is 42.8. The number of pyridine rings is 1. The highest BCUT2D eigenvalue weighted by molar-refractivity contribution is 7.13. The Hall–Kier alpha value is -6.98. The molecular formula is C55H63F3N12O4S. The van der Waals surface area contributed by atoms with E-state index in [1.165, 1.54) is 10.5 Å². The topological polar surface area (TPSA) is 174 Å². The molecule has 4 aliphatic heterocycles. The van der Waals surface area contributed by atoms with Gasteiger partial charge in [-0.2, -0.15) is 22.9 Å². The first kappa shape index (κ1) is 52.9. The van der Waals surface area contributed by atoms with Crippen molar-refractivity contribution in [2.75, 3.05) is 57.3 Å². The summed E-state index contributed by atoms with van der Waals surface area (Å²) in [5.74, 6) is 6.25. The van der Waals surface area contributed by atoms with E-state index in [9.17, 15) is 32.3 Å². The Morgan fingerprint density at radius 2 is 1.56 bits per heavy atom. The second-order valence-corrected chi connectivity index (χ2v) is 21.7. The molecule has 9 rings (SSSR count). The molecule has 5 aromatic rings. The van der Waals surface area contributed by atoms with E-state index in [1.54, 1.807) is 17.5 Å². The van der Waals surface area contributed by atoms with E-state index < -0.39 is 41.3 Å². The Balaban J connectivity index is 0.675. The van der Waals surface area contributed by atoms with Crippen molar-refractivity contribution in [3.05, 3.63) is 112 Å². The maximum atomic E-state index is 14.1. The van der Waals surface area contributed by atoms with Gasteiger partial charge in [-0.1, -0.05) is 69.0 Å². The molecular weight excluding hydrogens is 982 g/mol. The number of amides is 3. The van der Waals surface area contributed by atoms with E-state index in [2.05, 4.69) is 69.6 Å². The van der Waals surface area contributed by atoms with E-state index >= 15 is 0 Å². The van der Waals surface area contributed by atoms with Crippen LogP contribution in [0.4, 0.5) is 19.0 Å². The Morgan fingerprint density at radius 3 is 2.23 bits per heavy atom. The number of carbonyl (C=O) groups is 4. The maximum absolute atomic E-state index is 14.1. The number of benzene rings is 2. The van der Waals surface area contributed by atoms with Crippen molar-refractivity contribution in [2.24, 2.45) is 10.5 Å². The first-order valence-corrected chi connectivity index (χ1v) is 26.6. The molecule has 75 heavy (non-hydrogen) atoms. The van der Waals surface area contributed by atoms with Gasteiger partial charge in [0.15, 0.2) is 11.6 Å². The van der Waals surface area contributed by atoms with Crippen molar-refractivity contribution >= 4 is 46.5 Å². The van der Waals surface area contributed by atoms with Crippen LogP contribution in [0.1, 0.15) is 111 Å². The molecule has 20 heteroatoms. The minimum atomic E-state index is -4.61. The molecule has 7 heterocycles.